The van der Waals surface area contributed by atoms with E-state index in [0.717, 1.165) is 16.6 Å². The van der Waals surface area contributed by atoms with E-state index in [-0.39, 0.29) is 18.4 Å². The van der Waals surface area contributed by atoms with Crippen molar-refractivity contribution in [2.75, 3.05) is 37.8 Å². The highest BCUT2D eigenvalue weighted by Gasteiger charge is 2.29. The number of benzene rings is 1. The van der Waals surface area contributed by atoms with Crippen LogP contribution in [0.4, 0.5) is 5.69 Å². The van der Waals surface area contributed by atoms with E-state index in [1.54, 1.807) is 12.3 Å². The second kappa shape index (κ2) is 8.41. The molecule has 146 valence electrons. The lowest BCUT2D eigenvalue weighted by Gasteiger charge is -2.30. The molecule has 3 rings (SSSR count). The second-order valence-corrected chi connectivity index (χ2v) is 9.12. The SMILES string of the molecule is CS(=O)(=O)N1CCC[C@@H](C(=O)NCCNc2ccnc3cc(Cl)ccc23)C1. The van der Waals surface area contributed by atoms with Gasteiger partial charge in [-0.15, -0.1) is 0 Å². The van der Waals surface area contributed by atoms with Gasteiger partial charge in [-0.1, -0.05) is 11.6 Å². The van der Waals surface area contributed by atoms with Gasteiger partial charge >= 0.3 is 0 Å². The summed E-state index contributed by atoms with van der Waals surface area (Å²) in [5.41, 5.74) is 1.73. The monoisotopic (exact) mass is 410 g/mol. The number of pyridine rings is 1. The molecule has 1 aliphatic rings. The third-order valence-corrected chi connectivity index (χ3v) is 6.17. The maximum atomic E-state index is 12.3. The van der Waals surface area contributed by atoms with Crippen LogP contribution in [0.3, 0.4) is 0 Å². The number of amides is 1. The number of carbonyl (C=O) groups is 1. The van der Waals surface area contributed by atoms with Gasteiger partial charge in [0, 0.05) is 48.5 Å². The van der Waals surface area contributed by atoms with E-state index < -0.39 is 10.0 Å². The fourth-order valence-corrected chi connectivity index (χ4v) is 4.34. The van der Waals surface area contributed by atoms with E-state index in [9.17, 15) is 13.2 Å². The fraction of sp³-hybridized carbons (Fsp3) is 0.444. The highest BCUT2D eigenvalue weighted by molar-refractivity contribution is 7.88. The average molecular weight is 411 g/mol. The smallest absolute Gasteiger partial charge is 0.224 e. The largest absolute Gasteiger partial charge is 0.383 e. The van der Waals surface area contributed by atoms with Crippen LogP contribution in [0.25, 0.3) is 10.9 Å². The molecule has 0 bridgehead atoms. The molecule has 0 unspecified atom stereocenters. The van der Waals surface area contributed by atoms with E-state index in [1.807, 2.05) is 18.2 Å². The van der Waals surface area contributed by atoms with Gasteiger partial charge in [-0.25, -0.2) is 12.7 Å². The van der Waals surface area contributed by atoms with Crippen LogP contribution in [-0.2, 0) is 14.8 Å². The van der Waals surface area contributed by atoms with Crippen LogP contribution in [0.5, 0.6) is 0 Å². The molecule has 1 aromatic carbocycles. The van der Waals surface area contributed by atoms with Gasteiger partial charge in [0.15, 0.2) is 0 Å². The van der Waals surface area contributed by atoms with Crippen LogP contribution in [0, 0.1) is 5.92 Å². The number of nitrogens with one attached hydrogen (secondary N) is 2. The third kappa shape index (κ3) is 5.09. The summed E-state index contributed by atoms with van der Waals surface area (Å²) >= 11 is 6.00. The summed E-state index contributed by atoms with van der Waals surface area (Å²) in [5.74, 6) is -0.395. The van der Waals surface area contributed by atoms with Crippen LogP contribution in [0.15, 0.2) is 30.5 Å². The molecular weight excluding hydrogens is 388 g/mol. The molecule has 1 aliphatic heterocycles. The third-order valence-electron chi connectivity index (χ3n) is 4.67. The van der Waals surface area contributed by atoms with Crippen molar-refractivity contribution in [2.24, 2.45) is 5.92 Å². The van der Waals surface area contributed by atoms with Gasteiger partial charge in [-0.2, -0.15) is 0 Å². The van der Waals surface area contributed by atoms with Crippen LogP contribution in [0.1, 0.15) is 12.8 Å². The van der Waals surface area contributed by atoms with E-state index in [1.165, 1.54) is 10.6 Å². The first-order chi connectivity index (χ1) is 12.8. The van der Waals surface area contributed by atoms with Crippen molar-refractivity contribution in [3.63, 3.8) is 0 Å². The molecule has 0 aliphatic carbocycles. The van der Waals surface area contributed by atoms with Crippen molar-refractivity contribution in [2.45, 2.75) is 12.8 Å². The topological polar surface area (TPSA) is 91.4 Å². The number of piperidine rings is 1. The molecule has 2 aromatic rings. The zero-order valence-electron chi connectivity index (χ0n) is 15.1. The standard InChI is InChI=1S/C18H23ClN4O3S/c1-27(25,26)23-10-2-3-13(12-23)18(24)22-9-8-21-16-6-7-20-17-11-14(19)4-5-15(16)17/h4-7,11,13H,2-3,8-10,12H2,1H3,(H,20,21)(H,22,24)/t13-/m1/s1. The average Bonchev–Trinajstić information content (AvgIpc) is 2.64. The van der Waals surface area contributed by atoms with Crippen LogP contribution >= 0.6 is 11.6 Å². The van der Waals surface area contributed by atoms with Crippen molar-refractivity contribution in [1.29, 1.82) is 0 Å². The van der Waals surface area contributed by atoms with Crippen LogP contribution in [-0.4, -0.2) is 56.0 Å². The number of carbonyl (C=O) groups excluding carboxylic acids is 1. The maximum Gasteiger partial charge on any atom is 0.224 e. The minimum absolute atomic E-state index is 0.100. The Bertz CT molecular complexity index is 935. The Morgan fingerprint density at radius 1 is 1.33 bits per heavy atom. The number of anilines is 1. The van der Waals surface area contributed by atoms with Gasteiger partial charge in [0.1, 0.15) is 0 Å². The highest BCUT2D eigenvalue weighted by Crippen LogP contribution is 2.24. The van der Waals surface area contributed by atoms with E-state index in [2.05, 4.69) is 15.6 Å². The number of hydrogen-bond acceptors (Lipinski definition) is 5. The van der Waals surface area contributed by atoms with Gasteiger partial charge in [-0.3, -0.25) is 9.78 Å². The Hall–Kier alpha value is -1.90. The summed E-state index contributed by atoms with van der Waals surface area (Å²) in [6.45, 7) is 1.75. The molecule has 9 heteroatoms. The lowest BCUT2D eigenvalue weighted by atomic mass is 9.99. The maximum absolute atomic E-state index is 12.3. The molecule has 0 saturated carbocycles. The van der Waals surface area contributed by atoms with Gasteiger partial charge < -0.3 is 10.6 Å². The van der Waals surface area contributed by atoms with E-state index in [0.29, 0.717) is 37.5 Å². The second-order valence-electron chi connectivity index (χ2n) is 6.70. The van der Waals surface area contributed by atoms with Crippen molar-refractivity contribution in [3.8, 4) is 0 Å². The Balaban J connectivity index is 1.51. The summed E-state index contributed by atoms with van der Waals surface area (Å²) in [6, 6.07) is 7.41. The van der Waals surface area contributed by atoms with E-state index in [4.69, 9.17) is 11.6 Å². The van der Waals surface area contributed by atoms with Crippen LogP contribution < -0.4 is 10.6 Å². The molecule has 1 aromatic heterocycles. The number of sulfonamides is 1. The van der Waals surface area contributed by atoms with Crippen molar-refractivity contribution < 1.29 is 13.2 Å². The zero-order valence-corrected chi connectivity index (χ0v) is 16.7. The number of fused-ring (bicyclic) bond motifs is 1. The normalized spacial score (nSPS) is 18.4. The number of halogens is 1. The molecule has 1 amide bonds. The summed E-state index contributed by atoms with van der Waals surface area (Å²) in [4.78, 5) is 16.6. The first-order valence-corrected chi connectivity index (χ1v) is 11.1. The quantitative estimate of drug-likeness (QED) is 0.711. The molecule has 7 nitrogen and oxygen atoms in total. The minimum Gasteiger partial charge on any atom is -0.383 e. The molecule has 0 spiro atoms. The Morgan fingerprint density at radius 3 is 2.93 bits per heavy atom. The fourth-order valence-electron chi connectivity index (χ4n) is 3.26. The number of rotatable bonds is 6. The predicted octanol–water partition coefficient (Wildman–Crippen LogP) is 2.09. The highest BCUT2D eigenvalue weighted by atomic mass is 35.5. The van der Waals surface area contributed by atoms with Gasteiger partial charge in [-0.05, 0) is 37.1 Å². The van der Waals surface area contributed by atoms with Crippen molar-refractivity contribution >= 4 is 44.1 Å². The molecule has 1 atom stereocenters. The van der Waals surface area contributed by atoms with Gasteiger partial charge in [0.05, 0.1) is 17.7 Å². The van der Waals surface area contributed by atoms with Gasteiger partial charge in [0.25, 0.3) is 0 Å². The molecular formula is C18H23ClN4O3S. The first kappa shape index (κ1) is 19.9. The van der Waals surface area contributed by atoms with Gasteiger partial charge in [0.2, 0.25) is 15.9 Å². The number of aromatic nitrogens is 1. The van der Waals surface area contributed by atoms with Crippen molar-refractivity contribution in [1.82, 2.24) is 14.6 Å². The van der Waals surface area contributed by atoms with Crippen molar-refractivity contribution in [3.05, 3.63) is 35.5 Å². The molecule has 0 radical (unpaired) electrons. The Labute approximate surface area is 164 Å². The lowest BCUT2D eigenvalue weighted by Crippen LogP contribution is -2.45. The summed E-state index contributed by atoms with van der Waals surface area (Å²) < 4.78 is 24.7. The lowest BCUT2D eigenvalue weighted by molar-refractivity contribution is -0.125. The molecule has 2 heterocycles. The van der Waals surface area contributed by atoms with Crippen LogP contribution in [0.2, 0.25) is 5.02 Å². The molecule has 1 saturated heterocycles. The Kier molecular flexibility index (Phi) is 6.18. The summed E-state index contributed by atoms with van der Waals surface area (Å²) in [6.07, 6.45) is 4.31. The zero-order chi connectivity index (χ0) is 19.4. The minimum atomic E-state index is -3.25. The number of hydrogen-bond donors (Lipinski definition) is 2. The Morgan fingerprint density at radius 2 is 2.15 bits per heavy atom. The number of nitrogens with zero attached hydrogens (tertiary/aromatic N) is 2. The molecule has 27 heavy (non-hydrogen) atoms. The molecule has 1 fully saturated rings. The molecule has 2 N–H and O–H groups in total. The first-order valence-electron chi connectivity index (χ1n) is 8.85. The summed E-state index contributed by atoms with van der Waals surface area (Å²) in [5, 5.41) is 7.78. The van der Waals surface area contributed by atoms with E-state index >= 15 is 0 Å². The summed E-state index contributed by atoms with van der Waals surface area (Å²) in [7, 11) is -3.25. The predicted molar refractivity (Wildman–Crippen MR) is 107 cm³/mol.